The van der Waals surface area contributed by atoms with E-state index in [1.54, 1.807) is 27.7 Å². The number of carboxylic acids is 1. The number of aliphatic hydroxyl groups is 3. The maximum Gasteiger partial charge on any atom is 0.327 e. The predicted molar refractivity (Wildman–Crippen MR) is 188 cm³/mol. The molecular weight excluding hydrogens is 716 g/mol. The van der Waals surface area contributed by atoms with Crippen molar-refractivity contribution in [2.24, 2.45) is 17.6 Å². The zero-order valence-corrected chi connectivity index (χ0v) is 30.7. The Balaban J connectivity index is 5.45. The molecule has 20 nitrogen and oxygen atoms in total. The molecule has 0 aliphatic heterocycles. The monoisotopic (exact) mass is 768 g/mol. The zero-order chi connectivity index (χ0) is 39.4. The van der Waals surface area contributed by atoms with Gasteiger partial charge in [0.1, 0.15) is 36.3 Å². The molecule has 0 aliphatic carbocycles. The maximum atomic E-state index is 13.0. The van der Waals surface area contributed by atoms with Crippen molar-refractivity contribution in [3.63, 3.8) is 0 Å². The summed E-state index contributed by atoms with van der Waals surface area (Å²) in [4.78, 5) is 100. The Morgan fingerprint density at radius 2 is 0.882 bits per heavy atom. The number of nitrogens with two attached hydrogens (primary N) is 1. The van der Waals surface area contributed by atoms with E-state index in [4.69, 9.17) is 10.8 Å². The Hall–Kier alpha value is -3.70. The molecule has 0 spiro atoms. The Labute approximate surface area is 306 Å². The van der Waals surface area contributed by atoms with Gasteiger partial charge in [-0.3, -0.25) is 33.6 Å². The molecule has 22 heteroatoms. The van der Waals surface area contributed by atoms with Gasteiger partial charge in [0.25, 0.3) is 0 Å². The topological polar surface area (TPSA) is 328 Å². The van der Waals surface area contributed by atoms with E-state index in [1.807, 2.05) is 0 Å². The minimum Gasteiger partial charge on any atom is -0.480 e. The number of aliphatic carboxylic acids is 1. The summed E-state index contributed by atoms with van der Waals surface area (Å²) in [7, 11) is 0. The molecule has 7 amide bonds. The van der Waals surface area contributed by atoms with E-state index in [9.17, 15) is 53.7 Å². The van der Waals surface area contributed by atoms with Crippen LogP contribution in [0.25, 0.3) is 0 Å². The van der Waals surface area contributed by atoms with E-state index >= 15 is 0 Å². The highest BCUT2D eigenvalue weighted by molar-refractivity contribution is 7.80. The first-order valence-electron chi connectivity index (χ1n) is 16.0. The molecule has 0 aromatic rings. The molecule has 0 saturated heterocycles. The standard InChI is InChI=1S/C29H52N8O12S2/c1-13(2)5-16(33-23(42)15(30)11-50)25(44)35-18(8-38)24(43)31-7-22(41)32-19(9-39)27(46)34-17(6-14(3)4)26(45)36-20(10-40)28(47)37-21(12-51)29(48)49/h13-21,38-40,50-51H,5-12,30H2,1-4H3,(H,31,43)(H,32,41)(H,33,42)(H,34,46)(H,35,44)(H,36,45)(H,37,47)(H,48,49)/t15-,16-,17-,18-,19-,20-,21-/m0/s1. The molecule has 13 N–H and O–H groups in total. The van der Waals surface area contributed by atoms with Crippen LogP contribution in [0.15, 0.2) is 0 Å². The summed E-state index contributed by atoms with van der Waals surface area (Å²) in [6.45, 7) is 3.48. The van der Waals surface area contributed by atoms with Gasteiger partial charge in [-0.05, 0) is 24.7 Å². The van der Waals surface area contributed by atoms with Gasteiger partial charge < -0.3 is 63.4 Å². The van der Waals surface area contributed by atoms with Gasteiger partial charge in [0.2, 0.25) is 41.4 Å². The van der Waals surface area contributed by atoms with Crippen LogP contribution in [0.2, 0.25) is 0 Å². The van der Waals surface area contributed by atoms with Gasteiger partial charge in [0.05, 0.1) is 32.4 Å². The van der Waals surface area contributed by atoms with Crippen LogP contribution >= 0.6 is 25.3 Å². The van der Waals surface area contributed by atoms with E-state index in [-0.39, 0.29) is 36.2 Å². The molecule has 0 unspecified atom stereocenters. The first kappa shape index (κ1) is 47.3. The molecule has 0 heterocycles. The summed E-state index contributed by atoms with van der Waals surface area (Å²) in [6.07, 6.45) is 0.177. The van der Waals surface area contributed by atoms with Crippen molar-refractivity contribution >= 4 is 72.6 Å². The highest BCUT2D eigenvalue weighted by Crippen LogP contribution is 2.08. The number of thiol groups is 2. The van der Waals surface area contributed by atoms with Crippen molar-refractivity contribution in [3.8, 4) is 0 Å². The lowest BCUT2D eigenvalue weighted by molar-refractivity contribution is -0.142. The second-order valence-corrected chi connectivity index (χ2v) is 13.0. The Morgan fingerprint density at radius 1 is 0.529 bits per heavy atom. The maximum absolute atomic E-state index is 13.0. The Bertz CT molecular complexity index is 1210. The lowest BCUT2D eigenvalue weighted by Gasteiger charge is -2.26. The lowest BCUT2D eigenvalue weighted by Crippen LogP contribution is -2.60. The number of carboxylic acid groups (broad SMARTS) is 1. The number of amides is 7. The van der Waals surface area contributed by atoms with Crippen molar-refractivity contribution in [2.45, 2.75) is 82.8 Å². The van der Waals surface area contributed by atoms with Crippen LogP contribution in [-0.2, 0) is 38.4 Å². The van der Waals surface area contributed by atoms with E-state index in [0.29, 0.717) is 0 Å². The molecular formula is C29H52N8O12S2. The molecule has 7 atom stereocenters. The fourth-order valence-corrected chi connectivity index (χ4v) is 4.57. The second-order valence-electron chi connectivity index (χ2n) is 12.3. The van der Waals surface area contributed by atoms with E-state index in [1.165, 1.54) is 0 Å². The van der Waals surface area contributed by atoms with E-state index in [2.05, 4.69) is 62.5 Å². The van der Waals surface area contributed by atoms with Gasteiger partial charge in [-0.15, -0.1) is 0 Å². The lowest BCUT2D eigenvalue weighted by atomic mass is 10.0. The van der Waals surface area contributed by atoms with Crippen LogP contribution in [0.3, 0.4) is 0 Å². The average Bonchev–Trinajstić information content (AvgIpc) is 3.07. The van der Waals surface area contributed by atoms with Crippen LogP contribution in [0.4, 0.5) is 0 Å². The summed E-state index contributed by atoms with van der Waals surface area (Å²) in [6, 6.07) is -9.60. The van der Waals surface area contributed by atoms with Crippen molar-refractivity contribution in [2.75, 3.05) is 37.9 Å². The molecule has 292 valence electrons. The fourth-order valence-electron chi connectivity index (χ4n) is 4.16. The molecule has 51 heavy (non-hydrogen) atoms. The average molecular weight is 769 g/mol. The number of carbonyl (C=O) groups is 8. The highest BCUT2D eigenvalue weighted by Gasteiger charge is 2.32. The summed E-state index contributed by atoms with van der Waals surface area (Å²) in [5.41, 5.74) is 5.66. The summed E-state index contributed by atoms with van der Waals surface area (Å²) in [5, 5.41) is 54.1. The molecule has 0 radical (unpaired) electrons. The summed E-state index contributed by atoms with van der Waals surface area (Å²) in [5.74, 6) is -8.34. The van der Waals surface area contributed by atoms with Crippen LogP contribution in [0.5, 0.6) is 0 Å². The number of carbonyl (C=O) groups excluding carboxylic acids is 7. The number of nitrogens with one attached hydrogen (secondary N) is 7. The molecule has 0 bridgehead atoms. The van der Waals surface area contributed by atoms with Crippen LogP contribution < -0.4 is 43.0 Å². The molecule has 0 fully saturated rings. The van der Waals surface area contributed by atoms with Crippen molar-refractivity contribution in [1.29, 1.82) is 0 Å². The largest absolute Gasteiger partial charge is 0.480 e. The van der Waals surface area contributed by atoms with Gasteiger partial charge in [-0.1, -0.05) is 27.7 Å². The van der Waals surface area contributed by atoms with Crippen LogP contribution in [-0.4, -0.2) is 148 Å². The number of rotatable bonds is 24. The number of hydrogen-bond acceptors (Lipinski definition) is 14. The van der Waals surface area contributed by atoms with E-state index < -0.39 is 116 Å². The molecule has 0 aromatic heterocycles. The van der Waals surface area contributed by atoms with Gasteiger partial charge in [0.15, 0.2) is 0 Å². The molecule has 0 saturated carbocycles. The molecule has 0 rings (SSSR count). The van der Waals surface area contributed by atoms with Crippen molar-refractivity contribution in [1.82, 2.24) is 37.2 Å². The van der Waals surface area contributed by atoms with Gasteiger partial charge in [-0.2, -0.15) is 25.3 Å². The zero-order valence-electron chi connectivity index (χ0n) is 28.9. The minimum absolute atomic E-state index is 0.00581. The third-order valence-electron chi connectivity index (χ3n) is 6.90. The third kappa shape index (κ3) is 17.9. The van der Waals surface area contributed by atoms with Crippen molar-refractivity contribution < 1.29 is 58.8 Å². The number of hydrogen-bond donors (Lipinski definition) is 14. The molecule has 0 aromatic carbocycles. The first-order chi connectivity index (χ1) is 23.8. The number of aliphatic hydroxyl groups excluding tert-OH is 3. The molecule has 0 aliphatic rings. The van der Waals surface area contributed by atoms with Crippen molar-refractivity contribution in [3.05, 3.63) is 0 Å². The summed E-state index contributed by atoms with van der Waals surface area (Å²) >= 11 is 7.78. The van der Waals surface area contributed by atoms with Gasteiger partial charge >= 0.3 is 5.97 Å². The minimum atomic E-state index is -1.63. The Morgan fingerprint density at radius 3 is 1.25 bits per heavy atom. The fraction of sp³-hybridized carbons (Fsp3) is 0.724. The smallest absolute Gasteiger partial charge is 0.327 e. The quantitative estimate of drug-likeness (QED) is 0.0408. The SMILES string of the molecule is CC(C)C[C@H](NC(=O)[C@H](CO)NC(=O)CNC(=O)[C@H](CO)NC(=O)[C@H](CC(C)C)NC(=O)[C@@H](N)CS)C(=O)N[C@@H](CO)C(=O)N[C@@H](CS)C(=O)O. The third-order valence-corrected chi connectivity index (χ3v) is 7.66. The Kier molecular flexibility index (Phi) is 22.7. The normalized spacial score (nSPS) is 15.2. The van der Waals surface area contributed by atoms with Gasteiger partial charge in [-0.25, -0.2) is 4.79 Å². The summed E-state index contributed by atoms with van der Waals surface area (Å²) < 4.78 is 0. The van der Waals surface area contributed by atoms with E-state index in [0.717, 1.165) is 0 Å². The van der Waals surface area contributed by atoms with Crippen LogP contribution in [0.1, 0.15) is 40.5 Å². The highest BCUT2D eigenvalue weighted by atomic mass is 32.1. The van der Waals surface area contributed by atoms with Gasteiger partial charge in [0, 0.05) is 11.5 Å². The predicted octanol–water partition coefficient (Wildman–Crippen LogP) is -5.65. The van der Waals surface area contributed by atoms with Crippen LogP contribution in [0, 0.1) is 11.8 Å². The second kappa shape index (κ2) is 24.5. The first-order valence-corrected chi connectivity index (χ1v) is 17.2.